The molecule has 0 aliphatic carbocycles. The smallest absolute Gasteiger partial charge is 0.251 e. The molecule has 0 bridgehead atoms. The number of nitrogens with one attached hydrogen (secondary N) is 1. The molecule has 1 N–H and O–H groups in total. The van der Waals surface area contributed by atoms with Crippen LogP contribution < -0.4 is 5.32 Å². The minimum absolute atomic E-state index is 0.0155. The van der Waals surface area contributed by atoms with Gasteiger partial charge in [-0.2, -0.15) is 5.10 Å². The van der Waals surface area contributed by atoms with E-state index in [2.05, 4.69) is 56.5 Å². The number of hydrogen-bond acceptors (Lipinski definition) is 5. The summed E-state index contributed by atoms with van der Waals surface area (Å²) in [6.45, 7) is 12.8. The fraction of sp³-hybridized carbons (Fsp3) is 0.481. The molecule has 34 heavy (non-hydrogen) atoms. The molecule has 3 aromatic rings. The van der Waals surface area contributed by atoms with Crippen molar-refractivity contribution in [3.63, 3.8) is 0 Å². The topological polar surface area (TPSA) is 75.9 Å². The number of amides is 1. The van der Waals surface area contributed by atoms with Crippen LogP contribution in [0.3, 0.4) is 0 Å². The lowest BCUT2D eigenvalue weighted by Gasteiger charge is -2.33. The number of aryl methyl sites for hydroxylation is 3. The van der Waals surface area contributed by atoms with E-state index in [-0.39, 0.29) is 12.3 Å². The van der Waals surface area contributed by atoms with Crippen LogP contribution in [-0.2, 0) is 24.3 Å². The van der Waals surface area contributed by atoms with Crippen LogP contribution in [0.5, 0.6) is 0 Å². The summed E-state index contributed by atoms with van der Waals surface area (Å²) in [5.41, 5.74) is 6.87. The van der Waals surface area contributed by atoms with Gasteiger partial charge in [0.2, 0.25) is 5.91 Å². The molecule has 4 rings (SSSR count). The molecule has 1 saturated heterocycles. The van der Waals surface area contributed by atoms with Crippen LogP contribution in [0.1, 0.15) is 65.7 Å². The van der Waals surface area contributed by atoms with Gasteiger partial charge in [-0.05, 0) is 71.2 Å². The molecule has 1 atom stereocenters. The zero-order valence-corrected chi connectivity index (χ0v) is 21.1. The van der Waals surface area contributed by atoms with E-state index in [1.807, 2.05) is 33.8 Å². The van der Waals surface area contributed by atoms with Gasteiger partial charge in [0.05, 0.1) is 12.1 Å². The molecule has 1 aliphatic heterocycles. The Labute approximate surface area is 202 Å². The van der Waals surface area contributed by atoms with Crippen molar-refractivity contribution in [2.75, 3.05) is 6.54 Å². The maximum absolute atomic E-state index is 12.7. The van der Waals surface area contributed by atoms with Crippen molar-refractivity contribution >= 4 is 5.91 Å². The highest BCUT2D eigenvalue weighted by molar-refractivity contribution is 5.79. The van der Waals surface area contributed by atoms with E-state index in [1.165, 1.54) is 31.4 Å². The lowest BCUT2D eigenvalue weighted by atomic mass is 10.0. The summed E-state index contributed by atoms with van der Waals surface area (Å²) < 4.78 is 1.74. The first kappa shape index (κ1) is 24.1. The normalized spacial score (nSPS) is 16.6. The largest absolute Gasteiger partial charge is 0.352 e. The summed E-state index contributed by atoms with van der Waals surface area (Å²) in [6.07, 6.45) is 4.21. The molecule has 0 radical (unpaired) electrons. The molecule has 7 nitrogen and oxygen atoms in total. The van der Waals surface area contributed by atoms with Crippen LogP contribution in [0, 0.1) is 27.7 Å². The maximum Gasteiger partial charge on any atom is 0.251 e. The Hall–Kier alpha value is -3.06. The molecule has 1 aromatic carbocycles. The summed E-state index contributed by atoms with van der Waals surface area (Å²) in [5, 5.41) is 7.66. The number of hydrogen-bond donors (Lipinski definition) is 1. The molecule has 1 fully saturated rings. The molecule has 7 heteroatoms. The first-order valence-corrected chi connectivity index (χ1v) is 12.3. The van der Waals surface area contributed by atoms with E-state index in [1.54, 1.807) is 4.68 Å². The number of likely N-dealkylation sites (tertiary alicyclic amines) is 1. The quantitative estimate of drug-likeness (QED) is 0.574. The Morgan fingerprint density at radius 3 is 2.38 bits per heavy atom. The van der Waals surface area contributed by atoms with Crippen molar-refractivity contribution in [2.45, 2.75) is 79.4 Å². The highest BCUT2D eigenvalue weighted by Gasteiger charge is 2.19. The lowest BCUT2D eigenvalue weighted by molar-refractivity contribution is -0.120. The molecule has 1 amide bonds. The highest BCUT2D eigenvalue weighted by atomic mass is 16.1. The molecule has 0 saturated carbocycles. The van der Waals surface area contributed by atoms with Crippen LogP contribution in [0.4, 0.5) is 0 Å². The van der Waals surface area contributed by atoms with Crippen LogP contribution >= 0.6 is 0 Å². The average Bonchev–Trinajstić information content (AvgIpc) is 3.08. The van der Waals surface area contributed by atoms with E-state index < -0.39 is 0 Å². The number of aromatic nitrogens is 4. The van der Waals surface area contributed by atoms with Gasteiger partial charge in [-0.25, -0.2) is 14.6 Å². The van der Waals surface area contributed by atoms with E-state index in [4.69, 9.17) is 0 Å². The van der Waals surface area contributed by atoms with Gasteiger partial charge in [0.25, 0.3) is 5.95 Å². The molecule has 0 spiro atoms. The third kappa shape index (κ3) is 5.70. The van der Waals surface area contributed by atoms with Crippen molar-refractivity contribution in [3.05, 3.63) is 69.8 Å². The van der Waals surface area contributed by atoms with E-state index in [0.717, 1.165) is 40.4 Å². The summed E-state index contributed by atoms with van der Waals surface area (Å²) in [6, 6.07) is 11.2. The number of rotatable bonds is 7. The highest BCUT2D eigenvalue weighted by Crippen LogP contribution is 2.20. The summed E-state index contributed by atoms with van der Waals surface area (Å²) in [5.74, 6) is 0.530. The second kappa shape index (κ2) is 10.5. The standard InChI is InChI=1S/C27H36N6O/c1-18-14-19(2)30-27(29-18)33-22(5)25(21(4)31-33)15-26(34)28-16-23-9-11-24(12-10-23)17-32-13-7-6-8-20(32)3/h9-12,14,20H,6-8,13,15-17H2,1-5H3,(H,28,34). The number of benzene rings is 1. The Balaban J connectivity index is 1.35. The van der Waals surface area contributed by atoms with Crippen molar-refractivity contribution < 1.29 is 4.79 Å². The molecule has 3 heterocycles. The Morgan fingerprint density at radius 1 is 1.03 bits per heavy atom. The fourth-order valence-electron chi connectivity index (χ4n) is 4.74. The van der Waals surface area contributed by atoms with Gasteiger partial charge in [0.1, 0.15) is 0 Å². The maximum atomic E-state index is 12.7. The van der Waals surface area contributed by atoms with Crippen LogP contribution in [-0.4, -0.2) is 43.1 Å². The number of nitrogens with zero attached hydrogens (tertiary/aromatic N) is 5. The van der Waals surface area contributed by atoms with E-state index in [9.17, 15) is 4.79 Å². The zero-order valence-electron chi connectivity index (χ0n) is 21.1. The predicted octanol–water partition coefficient (Wildman–Crippen LogP) is 4.13. The zero-order chi connectivity index (χ0) is 24.2. The van der Waals surface area contributed by atoms with Gasteiger partial charge < -0.3 is 5.32 Å². The first-order valence-electron chi connectivity index (χ1n) is 12.3. The van der Waals surface area contributed by atoms with Gasteiger partial charge in [-0.1, -0.05) is 30.7 Å². The monoisotopic (exact) mass is 460 g/mol. The Morgan fingerprint density at radius 2 is 1.71 bits per heavy atom. The minimum atomic E-state index is -0.0155. The van der Waals surface area contributed by atoms with Gasteiger partial charge in [0, 0.05) is 41.8 Å². The van der Waals surface area contributed by atoms with Crippen LogP contribution in [0.25, 0.3) is 5.95 Å². The summed E-state index contributed by atoms with van der Waals surface area (Å²) in [4.78, 5) is 24.3. The number of carbonyl (C=O) groups is 1. The Kier molecular flexibility index (Phi) is 7.41. The minimum Gasteiger partial charge on any atom is -0.352 e. The van der Waals surface area contributed by atoms with Gasteiger partial charge in [-0.15, -0.1) is 0 Å². The van der Waals surface area contributed by atoms with E-state index in [0.29, 0.717) is 18.5 Å². The number of carbonyl (C=O) groups excluding carboxylic acids is 1. The fourth-order valence-corrected chi connectivity index (χ4v) is 4.74. The Bertz CT molecular complexity index is 1130. The van der Waals surface area contributed by atoms with Crippen molar-refractivity contribution in [2.24, 2.45) is 0 Å². The predicted molar refractivity (Wildman–Crippen MR) is 134 cm³/mol. The molecule has 1 aliphatic rings. The van der Waals surface area contributed by atoms with Gasteiger partial charge >= 0.3 is 0 Å². The average molecular weight is 461 g/mol. The molecule has 180 valence electrons. The lowest BCUT2D eigenvalue weighted by Crippen LogP contribution is -2.36. The van der Waals surface area contributed by atoms with Crippen molar-refractivity contribution in [3.8, 4) is 5.95 Å². The molecule has 2 aromatic heterocycles. The third-order valence-electron chi connectivity index (χ3n) is 6.78. The van der Waals surface area contributed by atoms with Crippen LogP contribution in [0.15, 0.2) is 30.3 Å². The summed E-state index contributed by atoms with van der Waals surface area (Å²) in [7, 11) is 0. The SMILES string of the molecule is Cc1cc(C)nc(-n2nc(C)c(CC(=O)NCc3ccc(CN4CCCCC4C)cc3)c2C)n1. The number of piperidine rings is 1. The second-order valence-electron chi connectivity index (χ2n) is 9.60. The molecular formula is C27H36N6O. The van der Waals surface area contributed by atoms with Crippen LogP contribution in [0.2, 0.25) is 0 Å². The first-order chi connectivity index (χ1) is 16.3. The van der Waals surface area contributed by atoms with E-state index >= 15 is 0 Å². The second-order valence-corrected chi connectivity index (χ2v) is 9.60. The van der Waals surface area contributed by atoms with Gasteiger partial charge in [0.15, 0.2) is 0 Å². The van der Waals surface area contributed by atoms with Crippen molar-refractivity contribution in [1.29, 1.82) is 0 Å². The molecule has 1 unspecified atom stereocenters. The third-order valence-corrected chi connectivity index (χ3v) is 6.78. The van der Waals surface area contributed by atoms with Gasteiger partial charge in [-0.3, -0.25) is 9.69 Å². The molecular weight excluding hydrogens is 424 g/mol. The summed E-state index contributed by atoms with van der Waals surface area (Å²) >= 11 is 0. The van der Waals surface area contributed by atoms with Crippen molar-refractivity contribution in [1.82, 2.24) is 30.0 Å².